The monoisotopic (exact) mass is 262 g/mol. The van der Waals surface area contributed by atoms with Crippen molar-refractivity contribution in [3.8, 4) is 5.75 Å². The number of carboxylic acids is 1. The summed E-state index contributed by atoms with van der Waals surface area (Å²) in [4.78, 5) is 11.8. The van der Waals surface area contributed by atoms with Crippen molar-refractivity contribution >= 4 is 5.97 Å². The SMILES string of the molecule is O=C(O)C1(c2ccc3c(c2)COCO3)CCCCC1. The van der Waals surface area contributed by atoms with Crippen LogP contribution in [0.3, 0.4) is 0 Å². The molecule has 1 heterocycles. The predicted molar refractivity (Wildman–Crippen MR) is 69.1 cm³/mol. The molecule has 0 atom stereocenters. The molecule has 1 N–H and O–H groups in total. The van der Waals surface area contributed by atoms with Crippen LogP contribution in [0.1, 0.15) is 43.2 Å². The van der Waals surface area contributed by atoms with Gasteiger partial charge in [0.15, 0.2) is 6.79 Å². The Labute approximate surface area is 112 Å². The third-order valence-electron chi connectivity index (χ3n) is 4.28. The Kier molecular flexibility index (Phi) is 3.19. The minimum atomic E-state index is -0.718. The fraction of sp³-hybridized carbons (Fsp3) is 0.533. The molecule has 0 saturated heterocycles. The van der Waals surface area contributed by atoms with Gasteiger partial charge in [-0.15, -0.1) is 0 Å². The summed E-state index contributed by atoms with van der Waals surface area (Å²) in [5.74, 6) is 0.108. The van der Waals surface area contributed by atoms with E-state index in [-0.39, 0.29) is 6.79 Å². The van der Waals surface area contributed by atoms with E-state index in [1.807, 2.05) is 18.2 Å². The van der Waals surface area contributed by atoms with Crippen molar-refractivity contribution in [3.63, 3.8) is 0 Å². The van der Waals surface area contributed by atoms with Gasteiger partial charge < -0.3 is 14.6 Å². The lowest BCUT2D eigenvalue weighted by Gasteiger charge is -2.34. The number of aliphatic carboxylic acids is 1. The van der Waals surface area contributed by atoms with Crippen molar-refractivity contribution in [2.75, 3.05) is 6.79 Å². The molecule has 3 rings (SSSR count). The first kappa shape index (κ1) is 12.5. The molecule has 0 spiro atoms. The maximum absolute atomic E-state index is 11.8. The Hall–Kier alpha value is -1.55. The summed E-state index contributed by atoms with van der Waals surface area (Å²) in [7, 11) is 0. The number of ether oxygens (including phenoxy) is 2. The highest BCUT2D eigenvalue weighted by Gasteiger charge is 2.41. The molecule has 19 heavy (non-hydrogen) atoms. The van der Waals surface area contributed by atoms with Gasteiger partial charge in [0.05, 0.1) is 12.0 Å². The summed E-state index contributed by atoms with van der Waals surface area (Å²) in [5, 5.41) is 9.68. The Morgan fingerprint density at radius 2 is 2.00 bits per heavy atom. The number of carbonyl (C=O) groups is 1. The van der Waals surface area contributed by atoms with Gasteiger partial charge in [-0.2, -0.15) is 0 Å². The lowest BCUT2D eigenvalue weighted by Crippen LogP contribution is -2.38. The number of hydrogen-bond acceptors (Lipinski definition) is 3. The van der Waals surface area contributed by atoms with Crippen molar-refractivity contribution < 1.29 is 19.4 Å². The van der Waals surface area contributed by atoms with E-state index in [1.165, 1.54) is 0 Å². The van der Waals surface area contributed by atoms with Crippen molar-refractivity contribution in [3.05, 3.63) is 29.3 Å². The summed E-state index contributed by atoms with van der Waals surface area (Å²) in [5.41, 5.74) is 1.13. The molecule has 0 unspecified atom stereocenters. The minimum Gasteiger partial charge on any atom is -0.481 e. The standard InChI is InChI=1S/C15H18O4/c16-14(17)15(6-2-1-3-7-15)12-4-5-13-11(8-12)9-18-10-19-13/h4-5,8H,1-3,6-7,9-10H2,(H,16,17). The average Bonchev–Trinajstić information content (AvgIpc) is 2.47. The van der Waals surface area contributed by atoms with Gasteiger partial charge in [0.1, 0.15) is 5.75 Å². The van der Waals surface area contributed by atoms with Crippen LogP contribution in [-0.4, -0.2) is 17.9 Å². The summed E-state index contributed by atoms with van der Waals surface area (Å²) in [6.07, 6.45) is 4.55. The topological polar surface area (TPSA) is 55.8 Å². The second kappa shape index (κ2) is 4.85. The van der Waals surface area contributed by atoms with Crippen LogP contribution in [-0.2, 0) is 21.6 Å². The first-order chi connectivity index (χ1) is 9.22. The molecule has 0 amide bonds. The largest absolute Gasteiger partial charge is 0.481 e. The van der Waals surface area contributed by atoms with Crippen LogP contribution in [0.5, 0.6) is 5.75 Å². The fourth-order valence-electron chi connectivity index (χ4n) is 3.17. The molecular formula is C15H18O4. The van der Waals surface area contributed by atoms with Crippen LogP contribution in [0.4, 0.5) is 0 Å². The lowest BCUT2D eigenvalue weighted by molar-refractivity contribution is -0.145. The number of rotatable bonds is 2. The molecule has 0 radical (unpaired) electrons. The van der Waals surface area contributed by atoms with E-state index in [1.54, 1.807) is 0 Å². The quantitative estimate of drug-likeness (QED) is 0.890. The van der Waals surface area contributed by atoms with Crippen LogP contribution >= 0.6 is 0 Å². The molecule has 102 valence electrons. The zero-order chi connectivity index (χ0) is 13.3. The van der Waals surface area contributed by atoms with E-state index >= 15 is 0 Å². The van der Waals surface area contributed by atoms with E-state index in [0.29, 0.717) is 6.61 Å². The van der Waals surface area contributed by atoms with Gasteiger partial charge in [-0.3, -0.25) is 4.79 Å². The van der Waals surface area contributed by atoms with E-state index in [9.17, 15) is 9.90 Å². The molecule has 1 aromatic rings. The second-order valence-electron chi connectivity index (χ2n) is 5.38. The summed E-state index contributed by atoms with van der Waals surface area (Å²) < 4.78 is 10.7. The predicted octanol–water partition coefficient (Wildman–Crippen LogP) is 2.84. The van der Waals surface area contributed by atoms with Gasteiger partial charge in [0.2, 0.25) is 0 Å². The number of benzene rings is 1. The normalized spacial score (nSPS) is 21.3. The molecule has 0 aromatic heterocycles. The van der Waals surface area contributed by atoms with Gasteiger partial charge >= 0.3 is 5.97 Å². The molecule has 4 heteroatoms. The highest BCUT2D eigenvalue weighted by molar-refractivity contribution is 5.81. The van der Waals surface area contributed by atoms with Gasteiger partial charge in [-0.25, -0.2) is 0 Å². The maximum atomic E-state index is 11.8. The Morgan fingerprint density at radius 1 is 1.21 bits per heavy atom. The summed E-state index contributed by atoms with van der Waals surface area (Å²) in [6, 6.07) is 5.74. The van der Waals surface area contributed by atoms with Crippen LogP contribution in [0.25, 0.3) is 0 Å². The Morgan fingerprint density at radius 3 is 2.74 bits per heavy atom. The van der Waals surface area contributed by atoms with E-state index < -0.39 is 11.4 Å². The first-order valence-corrected chi connectivity index (χ1v) is 6.80. The van der Waals surface area contributed by atoms with E-state index in [2.05, 4.69) is 0 Å². The zero-order valence-electron chi connectivity index (χ0n) is 10.9. The molecule has 2 aliphatic rings. The van der Waals surface area contributed by atoms with Crippen molar-refractivity contribution in [2.24, 2.45) is 0 Å². The lowest BCUT2D eigenvalue weighted by atomic mass is 9.69. The fourth-order valence-corrected chi connectivity index (χ4v) is 3.17. The third kappa shape index (κ3) is 2.10. The van der Waals surface area contributed by atoms with Gasteiger partial charge in [0.25, 0.3) is 0 Å². The average molecular weight is 262 g/mol. The molecule has 1 fully saturated rings. The molecule has 4 nitrogen and oxygen atoms in total. The Balaban J connectivity index is 2.01. The van der Waals surface area contributed by atoms with Gasteiger partial charge in [-0.05, 0) is 30.5 Å². The third-order valence-corrected chi connectivity index (χ3v) is 4.28. The molecule has 0 bridgehead atoms. The molecule has 1 saturated carbocycles. The van der Waals surface area contributed by atoms with Crippen LogP contribution in [0.2, 0.25) is 0 Å². The van der Waals surface area contributed by atoms with Crippen LogP contribution in [0, 0.1) is 0 Å². The Bertz CT molecular complexity index is 489. The zero-order valence-corrected chi connectivity index (χ0v) is 10.9. The molecule has 1 aliphatic carbocycles. The summed E-state index contributed by atoms with van der Waals surface area (Å²) in [6.45, 7) is 0.773. The second-order valence-corrected chi connectivity index (χ2v) is 5.38. The van der Waals surface area contributed by atoms with Crippen molar-refractivity contribution in [2.45, 2.75) is 44.1 Å². The number of hydrogen-bond donors (Lipinski definition) is 1. The molecular weight excluding hydrogens is 244 g/mol. The van der Waals surface area contributed by atoms with Gasteiger partial charge in [-0.1, -0.05) is 25.3 Å². The minimum absolute atomic E-state index is 0.274. The highest BCUT2D eigenvalue weighted by Crippen LogP contribution is 2.41. The van der Waals surface area contributed by atoms with Crippen molar-refractivity contribution in [1.82, 2.24) is 0 Å². The smallest absolute Gasteiger partial charge is 0.314 e. The molecule has 1 aromatic carbocycles. The maximum Gasteiger partial charge on any atom is 0.314 e. The van der Waals surface area contributed by atoms with Crippen LogP contribution < -0.4 is 4.74 Å². The van der Waals surface area contributed by atoms with E-state index in [4.69, 9.17) is 9.47 Å². The van der Waals surface area contributed by atoms with E-state index in [0.717, 1.165) is 49.0 Å². The number of carboxylic acid groups (broad SMARTS) is 1. The number of fused-ring (bicyclic) bond motifs is 1. The van der Waals surface area contributed by atoms with Gasteiger partial charge in [0, 0.05) is 5.56 Å². The first-order valence-electron chi connectivity index (χ1n) is 6.80. The molecule has 1 aliphatic heterocycles. The van der Waals surface area contributed by atoms with Crippen molar-refractivity contribution in [1.29, 1.82) is 0 Å². The summed E-state index contributed by atoms with van der Waals surface area (Å²) >= 11 is 0. The highest BCUT2D eigenvalue weighted by atomic mass is 16.7. The van der Waals surface area contributed by atoms with Crippen LogP contribution in [0.15, 0.2) is 18.2 Å².